The molecular weight excluding hydrogens is 433 g/mol. The fraction of sp³-hybridized carbons (Fsp3) is 0.0909. The third kappa shape index (κ3) is 6.37. The molecule has 0 aliphatic carbocycles. The number of hydrazone groups is 1. The first-order valence-electron chi connectivity index (χ1n) is 8.79. The molecule has 0 unspecified atom stereocenters. The van der Waals surface area contributed by atoms with Crippen LogP contribution >= 0.6 is 23.4 Å². The van der Waals surface area contributed by atoms with E-state index in [1.807, 2.05) is 36.4 Å². The number of carbonyl (C=O) groups is 1. The number of nitrogens with one attached hydrogen (secondary N) is 1. The summed E-state index contributed by atoms with van der Waals surface area (Å²) < 4.78 is 37.6. The average molecular weight is 449 g/mol. The van der Waals surface area contributed by atoms with E-state index in [9.17, 15) is 18.0 Å². The Morgan fingerprint density at radius 1 is 0.967 bits per heavy atom. The summed E-state index contributed by atoms with van der Waals surface area (Å²) in [5, 5.41) is 4.49. The van der Waals surface area contributed by atoms with Gasteiger partial charge >= 0.3 is 6.18 Å². The highest BCUT2D eigenvalue weighted by molar-refractivity contribution is 7.98. The van der Waals surface area contributed by atoms with Crippen LogP contribution in [0.15, 0.2) is 82.8 Å². The zero-order valence-electron chi connectivity index (χ0n) is 15.5. The molecule has 0 heterocycles. The Morgan fingerprint density at radius 2 is 1.60 bits per heavy atom. The molecule has 0 aliphatic heterocycles. The summed E-state index contributed by atoms with van der Waals surface area (Å²) in [6.45, 7) is 0. The molecular formula is C22H16ClF3N2OS. The van der Waals surface area contributed by atoms with Gasteiger partial charge in [0, 0.05) is 21.2 Å². The number of alkyl halides is 3. The Morgan fingerprint density at radius 3 is 2.20 bits per heavy atom. The number of thioether (sulfide) groups is 1. The summed E-state index contributed by atoms with van der Waals surface area (Å²) >= 11 is 7.53. The van der Waals surface area contributed by atoms with E-state index >= 15 is 0 Å². The maximum absolute atomic E-state index is 12.5. The van der Waals surface area contributed by atoms with Crippen LogP contribution in [0.2, 0.25) is 5.02 Å². The molecule has 0 aliphatic rings. The highest BCUT2D eigenvalue weighted by Gasteiger charge is 2.29. The molecule has 0 spiro atoms. The van der Waals surface area contributed by atoms with Crippen LogP contribution in [0.1, 0.15) is 27.0 Å². The van der Waals surface area contributed by atoms with Gasteiger partial charge in [0.05, 0.1) is 11.8 Å². The molecule has 0 fully saturated rings. The van der Waals surface area contributed by atoms with Crippen molar-refractivity contribution in [2.45, 2.75) is 16.8 Å². The lowest BCUT2D eigenvalue weighted by atomic mass is 10.1. The first-order valence-corrected chi connectivity index (χ1v) is 10.2. The number of hydrogen-bond acceptors (Lipinski definition) is 3. The second-order valence-electron chi connectivity index (χ2n) is 6.26. The molecule has 3 aromatic rings. The van der Waals surface area contributed by atoms with Crippen LogP contribution in [0.3, 0.4) is 0 Å². The van der Waals surface area contributed by atoms with Crippen LogP contribution in [0.5, 0.6) is 0 Å². The van der Waals surface area contributed by atoms with E-state index in [4.69, 9.17) is 11.6 Å². The predicted octanol–water partition coefficient (Wildman–Crippen LogP) is 6.42. The second kappa shape index (κ2) is 9.82. The van der Waals surface area contributed by atoms with Gasteiger partial charge in [0.15, 0.2) is 0 Å². The monoisotopic (exact) mass is 448 g/mol. The molecule has 0 bridgehead atoms. The summed E-state index contributed by atoms with van der Waals surface area (Å²) in [6.07, 6.45) is -3.10. The average Bonchev–Trinajstić information content (AvgIpc) is 2.73. The van der Waals surface area contributed by atoms with Crippen molar-refractivity contribution in [3.05, 3.63) is 100 Å². The van der Waals surface area contributed by atoms with Crippen molar-refractivity contribution < 1.29 is 18.0 Å². The van der Waals surface area contributed by atoms with Crippen LogP contribution < -0.4 is 5.43 Å². The Kier molecular flexibility index (Phi) is 7.18. The quantitative estimate of drug-likeness (QED) is 0.269. The normalized spacial score (nSPS) is 11.6. The summed E-state index contributed by atoms with van der Waals surface area (Å²) in [6, 6.07) is 19.2. The SMILES string of the molecule is O=C(N/N=C\c1ccc(C(F)(F)F)cc1)c1ccc(CSc2ccc(Cl)cc2)cc1. The molecule has 0 saturated carbocycles. The zero-order valence-corrected chi connectivity index (χ0v) is 17.1. The fourth-order valence-corrected chi connectivity index (χ4v) is 3.42. The molecule has 154 valence electrons. The number of halogens is 4. The number of carbonyl (C=O) groups excluding carboxylic acids is 1. The lowest BCUT2D eigenvalue weighted by Crippen LogP contribution is -2.17. The van der Waals surface area contributed by atoms with Gasteiger partial charge in [-0.25, -0.2) is 5.43 Å². The van der Waals surface area contributed by atoms with Gasteiger partial charge in [-0.05, 0) is 59.7 Å². The predicted molar refractivity (Wildman–Crippen MR) is 114 cm³/mol. The van der Waals surface area contributed by atoms with Gasteiger partial charge in [-0.1, -0.05) is 35.9 Å². The third-order valence-electron chi connectivity index (χ3n) is 4.05. The van der Waals surface area contributed by atoms with E-state index in [0.29, 0.717) is 16.1 Å². The maximum Gasteiger partial charge on any atom is 0.416 e. The van der Waals surface area contributed by atoms with Gasteiger partial charge in [0.1, 0.15) is 0 Å². The molecule has 0 radical (unpaired) electrons. The number of amides is 1. The topological polar surface area (TPSA) is 41.5 Å². The van der Waals surface area contributed by atoms with Crippen molar-refractivity contribution in [3.63, 3.8) is 0 Å². The molecule has 8 heteroatoms. The van der Waals surface area contributed by atoms with Crippen LogP contribution in [0.25, 0.3) is 0 Å². The lowest BCUT2D eigenvalue weighted by molar-refractivity contribution is -0.137. The zero-order chi connectivity index (χ0) is 21.6. The summed E-state index contributed by atoms with van der Waals surface area (Å²) in [5.41, 5.74) is 3.56. The smallest absolute Gasteiger partial charge is 0.267 e. The Bertz CT molecular complexity index is 1020. The molecule has 1 amide bonds. The molecule has 0 saturated heterocycles. The van der Waals surface area contributed by atoms with Crippen molar-refractivity contribution in [3.8, 4) is 0 Å². The van der Waals surface area contributed by atoms with E-state index in [0.717, 1.165) is 28.3 Å². The van der Waals surface area contributed by atoms with Gasteiger partial charge in [0.2, 0.25) is 0 Å². The number of benzene rings is 3. The Balaban J connectivity index is 1.51. The third-order valence-corrected chi connectivity index (χ3v) is 5.39. The second-order valence-corrected chi connectivity index (χ2v) is 7.74. The number of rotatable bonds is 6. The van der Waals surface area contributed by atoms with Crippen molar-refractivity contribution in [1.29, 1.82) is 0 Å². The van der Waals surface area contributed by atoms with Gasteiger partial charge in [-0.3, -0.25) is 4.79 Å². The van der Waals surface area contributed by atoms with Crippen LogP contribution in [0.4, 0.5) is 13.2 Å². The molecule has 30 heavy (non-hydrogen) atoms. The minimum absolute atomic E-state index is 0.407. The summed E-state index contributed by atoms with van der Waals surface area (Å²) in [5.74, 6) is 0.338. The van der Waals surface area contributed by atoms with E-state index in [2.05, 4.69) is 10.5 Å². The summed E-state index contributed by atoms with van der Waals surface area (Å²) in [4.78, 5) is 13.2. The first-order chi connectivity index (χ1) is 14.3. The number of hydrogen-bond donors (Lipinski definition) is 1. The number of nitrogens with zero attached hydrogens (tertiary/aromatic N) is 1. The van der Waals surface area contributed by atoms with E-state index in [1.54, 1.807) is 23.9 Å². The minimum atomic E-state index is -4.39. The van der Waals surface area contributed by atoms with E-state index in [1.165, 1.54) is 18.3 Å². The molecule has 0 atom stereocenters. The van der Waals surface area contributed by atoms with Crippen molar-refractivity contribution in [2.24, 2.45) is 5.10 Å². The minimum Gasteiger partial charge on any atom is -0.267 e. The highest BCUT2D eigenvalue weighted by atomic mass is 35.5. The van der Waals surface area contributed by atoms with Crippen LogP contribution in [-0.2, 0) is 11.9 Å². The largest absolute Gasteiger partial charge is 0.416 e. The molecule has 3 aromatic carbocycles. The molecule has 0 aromatic heterocycles. The lowest BCUT2D eigenvalue weighted by Gasteiger charge is -2.06. The Hall–Kier alpha value is -2.77. The molecule has 1 N–H and O–H groups in total. The van der Waals surface area contributed by atoms with E-state index in [-0.39, 0.29) is 0 Å². The van der Waals surface area contributed by atoms with Gasteiger partial charge in [0.25, 0.3) is 5.91 Å². The molecule has 3 rings (SSSR count). The highest BCUT2D eigenvalue weighted by Crippen LogP contribution is 2.29. The van der Waals surface area contributed by atoms with Crippen molar-refractivity contribution in [2.75, 3.05) is 0 Å². The summed E-state index contributed by atoms with van der Waals surface area (Å²) in [7, 11) is 0. The molecule has 3 nitrogen and oxygen atoms in total. The fourth-order valence-electron chi connectivity index (χ4n) is 2.44. The van der Waals surface area contributed by atoms with Gasteiger partial charge < -0.3 is 0 Å². The van der Waals surface area contributed by atoms with Crippen LogP contribution in [-0.4, -0.2) is 12.1 Å². The Labute approximate surface area is 181 Å². The van der Waals surface area contributed by atoms with Crippen LogP contribution in [0, 0.1) is 0 Å². The standard InChI is InChI=1S/C22H16ClF3N2OS/c23-19-9-11-20(12-10-19)30-14-16-1-5-17(6-2-16)21(29)28-27-13-15-3-7-18(8-4-15)22(24,25)26/h1-13H,14H2,(H,28,29)/b27-13-. The van der Waals surface area contributed by atoms with Gasteiger partial charge in [-0.15, -0.1) is 11.8 Å². The van der Waals surface area contributed by atoms with Crippen molar-refractivity contribution in [1.82, 2.24) is 5.43 Å². The van der Waals surface area contributed by atoms with E-state index < -0.39 is 17.6 Å². The first kappa shape index (κ1) is 21.9. The van der Waals surface area contributed by atoms with Gasteiger partial charge in [-0.2, -0.15) is 18.3 Å². The van der Waals surface area contributed by atoms with Crippen molar-refractivity contribution >= 4 is 35.5 Å². The maximum atomic E-state index is 12.5.